The molecule has 7 rings (SSSR count). The van der Waals surface area contributed by atoms with Crippen molar-refractivity contribution in [3.8, 4) is 16.9 Å². The molecule has 1 aromatic heterocycles. The first-order valence-electron chi connectivity index (χ1n) is 46.8. The number of rotatable bonds is 30. The topological polar surface area (TPSA) is 722 Å². The van der Waals surface area contributed by atoms with Crippen molar-refractivity contribution in [2.24, 2.45) is 40.7 Å². The van der Waals surface area contributed by atoms with Gasteiger partial charge in [0.25, 0.3) is 0 Å². The van der Waals surface area contributed by atoms with Gasteiger partial charge in [-0.2, -0.15) is 0 Å². The second-order valence-electron chi connectivity index (χ2n) is 36.2. The zero-order chi connectivity index (χ0) is 106. The predicted molar refractivity (Wildman–Crippen MR) is 531 cm³/mol. The molecule has 143 heavy (non-hydrogen) atoms. The number of fused-ring (bicyclic) bond motifs is 1. The number of aliphatic hydroxyl groups excluding tert-OH is 1. The second kappa shape index (κ2) is 56.3. The standard InChI is InChI=1S/C97H134N24O21S/c1-51(2)41-68-88(135)118-80(53(5)6)92(139)119-81(55(8)122)93(140)116-73(82(129)107-48-76(99)125)49-143-50-77(126)108-66(37-38-75(98)124)84(131)112-69(43-58-31-35-62(123)36-32-58)86(133)114-72(46-78(127)128)87(134)113-71(45-61-47-106-64-26-18-17-25-63(61)64)89(136)117-79(52(3)4)91(138)115-70(42-57-29-33-60(34-30-57)59-23-15-12-16-24-59)85(132)110-67(28-20-40-105-97(102)103)95(142)120(9)54(7)94(141)121(10)74(44-56-21-13-11-14-22-56)90(137)109-65(83(130)111-68)27-19-39-104-96(100)101/h11-18,21-26,29-36,47,51-55,65-74,79-81,106,122-123H,19-20,27-28,37-46,48-50H2,1-10H3,(H2,98,124)(H2,99,125)(H,107,129)(H,108,126)(H,109,137)(H,110,132)(H,111,130)(H,112,131)(H,113,134)(H,114,133)(H,115,138)(H,116,140)(H,117,136)(H,118,135)(H,119,139)(H,127,128)(H4,100,101,104)(H4,102,103,105)/t54-,55+,65-,66-,67-,68-,69-,70-,71-,72-,73-,74-,79-,80-,81-/m0/s1. The third kappa shape index (κ3) is 37.0. The molecule has 0 bridgehead atoms. The number of nitrogens with one attached hydrogen (secondary N) is 18. The molecule has 1 aliphatic heterocycles. The molecule has 5 aromatic carbocycles. The van der Waals surface area contributed by atoms with Crippen LogP contribution < -0.4 is 103 Å². The number of aromatic nitrogens is 1. The molecule has 774 valence electrons. The number of phenolic OH excluding ortho intramolecular Hbond substituents is 1. The molecular formula is C97H134N24O21S. The molecule has 29 N–H and O–H groups in total. The number of likely N-dealkylation sites (N-methyl/N-ethyl adjacent to an activating group) is 2. The summed E-state index contributed by atoms with van der Waals surface area (Å²) in [5, 5.41) is 87.0. The van der Waals surface area contributed by atoms with Crippen molar-refractivity contribution < 1.29 is 102 Å². The Bertz CT molecular complexity index is 5460. The summed E-state index contributed by atoms with van der Waals surface area (Å²) in [5.41, 5.74) is 26.0. The molecule has 1 aliphatic rings. The highest BCUT2D eigenvalue weighted by Crippen LogP contribution is 2.25. The maximum atomic E-state index is 15.6. The minimum Gasteiger partial charge on any atom is -0.508 e. The lowest BCUT2D eigenvalue weighted by atomic mass is 9.98. The van der Waals surface area contributed by atoms with E-state index in [1.165, 1.54) is 65.3 Å². The van der Waals surface area contributed by atoms with Crippen LogP contribution in [-0.4, -0.2) is 284 Å². The quantitative estimate of drug-likeness (QED) is 0.0128. The smallest absolute Gasteiger partial charge is 0.305 e. The van der Waals surface area contributed by atoms with Crippen molar-refractivity contribution in [3.05, 3.63) is 162 Å². The van der Waals surface area contributed by atoms with Crippen LogP contribution in [0.5, 0.6) is 5.75 Å². The number of benzene rings is 5. The summed E-state index contributed by atoms with van der Waals surface area (Å²) >= 11 is 0.633. The number of hydrogen-bond acceptors (Lipinski definition) is 23. The molecule has 0 spiro atoms. The SMILES string of the molecule is CC(C)C[C@@H]1NC(=O)[C@H](CCCNC(=N)N)NC(=O)[C@H](Cc2ccccc2)N(C)C(=O)[C@H](C)N(C)C(=O)[C@H](CCCNC(=N)N)NC(=O)[C@H](Cc2ccc(-c3ccccc3)cc2)NC(=O)[C@H](C(C)C)NC(=O)[C@H](Cc2c[nH]c3ccccc23)NC(=O)[C@H](CC(=O)O)NC(=O)[C@H](Cc2ccc(O)cc2)NC(=O)[C@H](CCC(N)=O)NC(=O)CSC[C@@H](C(=O)NCC(N)=O)NC(=O)[C@H]([C@@H](C)O)NC(=O)[C@H](C(C)C)NC1=O. The number of nitrogens with two attached hydrogens (primary N) is 4. The molecule has 2 heterocycles. The van der Waals surface area contributed by atoms with Gasteiger partial charge < -0.3 is 133 Å². The van der Waals surface area contributed by atoms with Crippen molar-refractivity contribution in [1.29, 1.82) is 10.8 Å². The number of carboxylic acids is 1. The van der Waals surface area contributed by atoms with Gasteiger partial charge in [-0.3, -0.25) is 97.1 Å². The number of aromatic hydroxyl groups is 1. The number of H-pyrrole nitrogens is 1. The highest BCUT2D eigenvalue weighted by molar-refractivity contribution is 8.00. The lowest BCUT2D eigenvalue weighted by Gasteiger charge is -2.35. The minimum atomic E-state index is -2.13. The first-order valence-corrected chi connectivity index (χ1v) is 48.0. The zero-order valence-electron chi connectivity index (χ0n) is 81.5. The summed E-state index contributed by atoms with van der Waals surface area (Å²) in [6.45, 7) is 11.2. The lowest BCUT2D eigenvalue weighted by molar-refractivity contribution is -0.148. The van der Waals surface area contributed by atoms with Gasteiger partial charge in [-0.25, -0.2) is 0 Å². The van der Waals surface area contributed by atoms with Crippen LogP contribution in [0.4, 0.5) is 0 Å². The van der Waals surface area contributed by atoms with Crippen LogP contribution >= 0.6 is 11.8 Å². The van der Waals surface area contributed by atoms with Crippen LogP contribution in [0.1, 0.15) is 129 Å². The van der Waals surface area contributed by atoms with Crippen LogP contribution in [0.2, 0.25) is 0 Å². The summed E-state index contributed by atoms with van der Waals surface area (Å²) in [4.78, 5) is 268. The number of phenols is 1. The maximum Gasteiger partial charge on any atom is 0.305 e. The Kier molecular flexibility index (Phi) is 45.1. The van der Waals surface area contributed by atoms with E-state index in [0.717, 1.165) is 27.9 Å². The van der Waals surface area contributed by atoms with Crippen molar-refractivity contribution in [1.82, 2.24) is 94.5 Å². The zero-order valence-corrected chi connectivity index (χ0v) is 82.3. The van der Waals surface area contributed by atoms with Crippen LogP contribution in [0.25, 0.3) is 22.0 Å². The Morgan fingerprint density at radius 1 is 0.455 bits per heavy atom. The van der Waals surface area contributed by atoms with Crippen molar-refractivity contribution in [2.45, 2.75) is 223 Å². The number of guanidine groups is 2. The summed E-state index contributed by atoms with van der Waals surface area (Å²) < 4.78 is 0. The summed E-state index contributed by atoms with van der Waals surface area (Å²) in [5.74, 6) is -23.9. The third-order valence-electron chi connectivity index (χ3n) is 23.6. The Morgan fingerprint density at radius 2 is 0.895 bits per heavy atom. The Balaban J connectivity index is 1.37. The Morgan fingerprint density at radius 3 is 1.43 bits per heavy atom. The van der Waals surface area contributed by atoms with Crippen LogP contribution in [-0.2, 0) is 112 Å². The number of primary amides is 2. The summed E-state index contributed by atoms with van der Waals surface area (Å²) in [6, 6.07) is 12.9. The highest BCUT2D eigenvalue weighted by Gasteiger charge is 2.43. The normalized spacial score (nSPS) is 22.6. The van der Waals surface area contributed by atoms with Gasteiger partial charge in [0, 0.05) is 82.1 Å². The van der Waals surface area contributed by atoms with Gasteiger partial charge in [-0.1, -0.05) is 157 Å². The molecule has 46 heteroatoms. The molecule has 1 saturated heterocycles. The molecule has 15 atom stereocenters. The van der Waals surface area contributed by atoms with Gasteiger partial charge in [0.2, 0.25) is 100 Å². The number of carboxylic acid groups (broad SMARTS) is 1. The number of nitrogens with zero attached hydrogens (tertiary/aromatic N) is 2. The number of carbonyl (C=O) groups is 18. The van der Waals surface area contributed by atoms with Crippen molar-refractivity contribution >= 4 is 141 Å². The Hall–Kier alpha value is -15.2. The van der Waals surface area contributed by atoms with Crippen molar-refractivity contribution in [2.75, 3.05) is 45.2 Å². The fourth-order valence-electron chi connectivity index (χ4n) is 15.6. The molecule has 6 aromatic rings. The first kappa shape index (κ1) is 115. The van der Waals surface area contributed by atoms with Crippen LogP contribution in [0.15, 0.2) is 140 Å². The van der Waals surface area contributed by atoms with Crippen molar-refractivity contribution in [3.63, 3.8) is 0 Å². The van der Waals surface area contributed by atoms with Crippen LogP contribution in [0.3, 0.4) is 0 Å². The highest BCUT2D eigenvalue weighted by atomic mass is 32.2. The van der Waals surface area contributed by atoms with E-state index in [2.05, 4.69) is 84.7 Å². The number of aliphatic hydroxyl groups is 1. The summed E-state index contributed by atoms with van der Waals surface area (Å²) in [7, 11) is 2.56. The number of aliphatic carboxylic acids is 1. The van der Waals surface area contributed by atoms with E-state index in [1.807, 2.05) is 30.3 Å². The van der Waals surface area contributed by atoms with Gasteiger partial charge >= 0.3 is 5.97 Å². The number of amides is 17. The molecule has 0 aliphatic carbocycles. The molecule has 1 fully saturated rings. The lowest BCUT2D eigenvalue weighted by Crippen LogP contribution is -2.62. The monoisotopic (exact) mass is 2000 g/mol. The maximum absolute atomic E-state index is 15.6. The number of thioether (sulfide) groups is 1. The molecule has 45 nitrogen and oxygen atoms in total. The van der Waals surface area contributed by atoms with Gasteiger partial charge in [0.05, 0.1) is 24.8 Å². The van der Waals surface area contributed by atoms with Gasteiger partial charge in [-0.15, -0.1) is 11.8 Å². The molecule has 17 amide bonds. The third-order valence-corrected chi connectivity index (χ3v) is 24.6. The minimum absolute atomic E-state index is 0.0162. The van der Waals surface area contributed by atoms with Gasteiger partial charge in [0.1, 0.15) is 90.3 Å². The molecule has 0 saturated carbocycles. The van der Waals surface area contributed by atoms with E-state index in [4.69, 9.17) is 33.8 Å². The van der Waals surface area contributed by atoms with Crippen LogP contribution in [0, 0.1) is 28.6 Å². The molecule has 0 radical (unpaired) electrons. The summed E-state index contributed by atoms with van der Waals surface area (Å²) in [6.07, 6.45) is -4.52. The average molecular weight is 2000 g/mol. The largest absolute Gasteiger partial charge is 0.508 e. The van der Waals surface area contributed by atoms with E-state index in [1.54, 1.807) is 107 Å². The van der Waals surface area contributed by atoms with Gasteiger partial charge in [-0.05, 0) is 122 Å². The van der Waals surface area contributed by atoms with E-state index >= 15 is 43.2 Å². The number of carbonyl (C=O) groups excluding carboxylic acids is 17. The number of aromatic amines is 1. The van der Waals surface area contributed by atoms with Gasteiger partial charge in [0.15, 0.2) is 11.9 Å². The average Bonchev–Trinajstić information content (AvgIpc) is 1.24. The molecule has 0 unspecified atom stereocenters. The predicted octanol–water partition coefficient (Wildman–Crippen LogP) is -2.34. The molecular weight excluding hydrogens is 1870 g/mol. The van der Waals surface area contributed by atoms with E-state index in [9.17, 15) is 58.5 Å². The number of hydrogen-bond donors (Lipinski definition) is 25. The first-order chi connectivity index (χ1) is 67.7. The van der Waals surface area contributed by atoms with E-state index in [0.29, 0.717) is 39.4 Å². The fourth-order valence-corrected chi connectivity index (χ4v) is 16.5. The van der Waals surface area contributed by atoms with E-state index in [-0.39, 0.29) is 75.3 Å². The second-order valence-corrected chi connectivity index (χ2v) is 37.2. The van der Waals surface area contributed by atoms with E-state index < -0.39 is 271 Å². The fraction of sp³-hybridized carbons (Fsp3) is 0.464. The number of para-hydroxylation sites is 1. The Labute approximate surface area is 831 Å².